The van der Waals surface area contributed by atoms with Crippen LogP contribution in [-0.2, 0) is 0 Å². The van der Waals surface area contributed by atoms with E-state index in [0.29, 0.717) is 0 Å². The fourth-order valence-electron chi connectivity index (χ4n) is 6.27. The molecule has 3 aromatic rings. The number of likely N-dealkylation sites (tertiary alicyclic amines) is 1. The van der Waals surface area contributed by atoms with E-state index in [1.54, 1.807) is 0 Å². The first kappa shape index (κ1) is 48.8. The predicted octanol–water partition coefficient (Wildman–Crippen LogP) is 12.5. The minimum atomic E-state index is 0.964. The molecule has 304 valence electrons. The molecule has 0 bridgehead atoms. The molecule has 1 aromatic heterocycles. The van der Waals surface area contributed by atoms with Crippen LogP contribution in [0.15, 0.2) is 76.8 Å². The molecule has 3 heterocycles. The number of nitrogens with one attached hydrogen (secondary N) is 1. The van der Waals surface area contributed by atoms with Gasteiger partial charge in [-0.25, -0.2) is 0 Å². The van der Waals surface area contributed by atoms with Gasteiger partial charge in [-0.15, -0.1) is 0 Å². The Bertz CT molecular complexity index is 1300. The number of benzene rings is 2. The van der Waals surface area contributed by atoms with Gasteiger partial charge in [0.1, 0.15) is 0 Å². The van der Waals surface area contributed by atoms with Crippen LogP contribution in [0.1, 0.15) is 147 Å². The number of para-hydroxylation sites is 1. The van der Waals surface area contributed by atoms with Gasteiger partial charge in [0.05, 0.1) is 24.2 Å². The van der Waals surface area contributed by atoms with Crippen LogP contribution in [0.2, 0.25) is 0 Å². The number of nitrogens with zero attached hydrogens (tertiary/aromatic N) is 5. The van der Waals surface area contributed by atoms with Gasteiger partial charge in [0.25, 0.3) is 0 Å². The molecule has 1 fully saturated rings. The van der Waals surface area contributed by atoms with Crippen LogP contribution in [0, 0.1) is 13.8 Å². The Kier molecular flexibility index (Phi) is 32.0. The molecule has 0 spiro atoms. The first-order chi connectivity index (χ1) is 26.4. The number of aromatic nitrogens is 1. The Morgan fingerprint density at radius 3 is 1.74 bits per heavy atom. The fraction of sp³-hybridized carbons (Fsp3) is 0.646. The molecule has 0 saturated carbocycles. The maximum absolute atomic E-state index is 4.52. The van der Waals surface area contributed by atoms with Crippen molar-refractivity contribution in [3.05, 3.63) is 78.0 Å². The van der Waals surface area contributed by atoms with Gasteiger partial charge >= 0.3 is 0 Å². The molecule has 6 nitrogen and oxygen atoms in total. The third-order valence-corrected chi connectivity index (χ3v) is 9.73. The summed E-state index contributed by atoms with van der Waals surface area (Å²) >= 11 is 0. The van der Waals surface area contributed by atoms with Crippen LogP contribution in [0.3, 0.4) is 0 Å². The molecule has 0 aliphatic carbocycles. The lowest BCUT2D eigenvalue weighted by Gasteiger charge is -2.12. The second kappa shape index (κ2) is 35.5. The predicted molar refractivity (Wildman–Crippen MR) is 242 cm³/mol. The zero-order valence-corrected chi connectivity index (χ0v) is 36.1. The number of unbranched alkanes of at least 4 members (excludes halogenated alkanes) is 14. The Balaban J connectivity index is 0.000000390. The van der Waals surface area contributed by atoms with Gasteiger partial charge in [-0.1, -0.05) is 164 Å². The number of aliphatic imine (C=N–C) groups is 2. The van der Waals surface area contributed by atoms with Gasteiger partial charge in [0, 0.05) is 38.3 Å². The quantitative estimate of drug-likeness (QED) is 0.0755. The molecule has 0 amide bonds. The molecule has 54 heavy (non-hydrogen) atoms. The smallest absolute Gasteiger partial charge is 0.0933 e. The Morgan fingerprint density at radius 1 is 0.704 bits per heavy atom. The molecule has 1 N–H and O–H groups in total. The lowest BCUT2D eigenvalue weighted by molar-refractivity contribution is 0.418. The van der Waals surface area contributed by atoms with E-state index < -0.39 is 0 Å². The number of aryl methyl sites for hydroxylation is 2. The fourth-order valence-corrected chi connectivity index (χ4v) is 6.27. The van der Waals surface area contributed by atoms with Crippen LogP contribution < -0.4 is 5.32 Å². The topological polar surface area (TPSA) is 56.1 Å². The van der Waals surface area contributed by atoms with E-state index in [1.807, 2.05) is 43.7 Å². The molecule has 5 rings (SSSR count). The maximum atomic E-state index is 4.52. The van der Waals surface area contributed by atoms with E-state index >= 15 is 0 Å². The molecule has 0 radical (unpaired) electrons. The normalized spacial score (nSPS) is 13.4. The Morgan fingerprint density at radius 2 is 1.28 bits per heavy atom. The first-order valence-corrected chi connectivity index (χ1v) is 21.8. The SMILES string of the molecule is CC1=NCCN1.CCCCCCCCCCCCCCN(C)C=NCCCCCC.CN1CCCC1.Cc1cccc2cccnc12.Cc1ccccc1. The van der Waals surface area contributed by atoms with Crippen molar-refractivity contribution in [3.63, 3.8) is 0 Å². The Hall–Kier alpha value is -3.25. The summed E-state index contributed by atoms with van der Waals surface area (Å²) in [4.78, 5) is 17.5. The van der Waals surface area contributed by atoms with Crippen molar-refractivity contribution in [1.29, 1.82) is 0 Å². The summed E-state index contributed by atoms with van der Waals surface area (Å²) in [6.45, 7) is 17.5. The minimum absolute atomic E-state index is 0.964. The lowest BCUT2D eigenvalue weighted by Crippen LogP contribution is -2.17. The average Bonchev–Trinajstić information content (AvgIpc) is 3.88. The van der Waals surface area contributed by atoms with E-state index in [1.165, 1.54) is 145 Å². The highest BCUT2D eigenvalue weighted by atomic mass is 15.1. The molecule has 2 aliphatic rings. The summed E-state index contributed by atoms with van der Waals surface area (Å²) in [5.41, 5.74) is 3.67. The summed E-state index contributed by atoms with van der Waals surface area (Å²) in [6.07, 6.45) is 29.0. The highest BCUT2D eigenvalue weighted by Gasteiger charge is 2.03. The second-order valence-corrected chi connectivity index (χ2v) is 15.2. The third-order valence-electron chi connectivity index (χ3n) is 9.73. The van der Waals surface area contributed by atoms with Gasteiger partial charge < -0.3 is 15.1 Å². The summed E-state index contributed by atoms with van der Waals surface area (Å²) in [6, 6.07) is 20.5. The summed E-state index contributed by atoms with van der Waals surface area (Å²) in [5.74, 6) is 1.08. The molecule has 2 aliphatic heterocycles. The van der Waals surface area contributed by atoms with Gasteiger partial charge in [-0.3, -0.25) is 15.0 Å². The zero-order chi connectivity index (χ0) is 39.3. The number of hydrogen-bond acceptors (Lipinski definition) is 5. The standard InChI is InChI=1S/C22H46N2.C10H9N.C7H8.C5H11N.C4H8N2/c1-4-6-8-10-11-12-13-14-15-16-17-19-21-24(3)22-23-20-18-9-7-5-2;1-8-4-2-5-9-6-3-7-11-10(8)9;1-7-5-3-2-4-6-7;1-6-4-2-3-5-6;1-4-5-2-3-6-4/h22H,4-21H2,1-3H3;2-7H,1H3;2-6H,1H3;2-5H2,1H3;2-3H2,1H3,(H,5,6). The van der Waals surface area contributed by atoms with E-state index in [2.05, 4.69) is 108 Å². The minimum Gasteiger partial charge on any atom is -0.372 e. The molecular weight excluding hydrogens is 661 g/mol. The van der Waals surface area contributed by atoms with Gasteiger partial charge in [-0.05, 0) is 78.2 Å². The van der Waals surface area contributed by atoms with Crippen molar-refractivity contribution in [3.8, 4) is 0 Å². The monoisotopic (exact) mass is 743 g/mol. The summed E-state index contributed by atoms with van der Waals surface area (Å²) < 4.78 is 0. The van der Waals surface area contributed by atoms with Crippen LogP contribution in [0.4, 0.5) is 0 Å². The van der Waals surface area contributed by atoms with Crippen LogP contribution in [0.5, 0.6) is 0 Å². The molecule has 6 heteroatoms. The third kappa shape index (κ3) is 29.2. The van der Waals surface area contributed by atoms with Gasteiger partial charge in [-0.2, -0.15) is 0 Å². The van der Waals surface area contributed by atoms with Crippen LogP contribution in [0.25, 0.3) is 10.9 Å². The van der Waals surface area contributed by atoms with Crippen molar-refractivity contribution < 1.29 is 0 Å². The van der Waals surface area contributed by atoms with Crippen LogP contribution >= 0.6 is 0 Å². The lowest BCUT2D eigenvalue weighted by atomic mass is 10.1. The molecular formula is C48H82N6. The first-order valence-electron chi connectivity index (χ1n) is 21.8. The molecule has 2 aromatic carbocycles. The number of amidine groups is 1. The summed E-state index contributed by atoms with van der Waals surface area (Å²) in [5, 5.41) is 4.28. The highest BCUT2D eigenvalue weighted by molar-refractivity contribution is 5.81. The highest BCUT2D eigenvalue weighted by Crippen LogP contribution is 2.14. The Labute approximate surface area is 333 Å². The molecule has 1 saturated heterocycles. The van der Waals surface area contributed by atoms with Gasteiger partial charge in [0.2, 0.25) is 0 Å². The molecule has 0 atom stereocenters. The molecule has 0 unspecified atom stereocenters. The number of hydrogen-bond donors (Lipinski definition) is 1. The van der Waals surface area contributed by atoms with E-state index in [4.69, 9.17) is 0 Å². The van der Waals surface area contributed by atoms with E-state index in [9.17, 15) is 0 Å². The van der Waals surface area contributed by atoms with Gasteiger partial charge in [0.15, 0.2) is 0 Å². The second-order valence-electron chi connectivity index (χ2n) is 15.2. The van der Waals surface area contributed by atoms with Crippen molar-refractivity contribution in [1.82, 2.24) is 20.1 Å². The number of rotatable bonds is 19. The zero-order valence-electron chi connectivity index (χ0n) is 36.1. The van der Waals surface area contributed by atoms with Crippen molar-refractivity contribution in [2.24, 2.45) is 9.98 Å². The summed E-state index contributed by atoms with van der Waals surface area (Å²) in [7, 11) is 4.33. The maximum Gasteiger partial charge on any atom is 0.0933 e. The average molecular weight is 743 g/mol. The van der Waals surface area contributed by atoms with E-state index in [-0.39, 0.29) is 0 Å². The van der Waals surface area contributed by atoms with Crippen LogP contribution in [-0.4, -0.2) is 80.3 Å². The van der Waals surface area contributed by atoms with Crippen molar-refractivity contribution in [2.75, 3.05) is 53.4 Å². The number of fused-ring (bicyclic) bond motifs is 1. The largest absolute Gasteiger partial charge is 0.372 e. The number of pyridine rings is 1. The van der Waals surface area contributed by atoms with Crippen molar-refractivity contribution >= 4 is 23.1 Å². The van der Waals surface area contributed by atoms with Crippen molar-refractivity contribution in [2.45, 2.75) is 150 Å². The van der Waals surface area contributed by atoms with E-state index in [0.717, 1.165) is 37.5 Å².